The highest BCUT2D eigenvalue weighted by Crippen LogP contribution is 2.01. The van der Waals surface area contributed by atoms with Gasteiger partial charge in [0.1, 0.15) is 6.33 Å². The summed E-state index contributed by atoms with van der Waals surface area (Å²) in [5.74, 6) is -0.556. The van der Waals surface area contributed by atoms with Gasteiger partial charge in [-0.15, -0.1) is 5.10 Å². The van der Waals surface area contributed by atoms with E-state index in [0.717, 1.165) is 0 Å². The molecule has 0 N–H and O–H groups in total. The average molecular weight is 202 g/mol. The van der Waals surface area contributed by atoms with Crippen LogP contribution in [0.2, 0.25) is 0 Å². The molecule has 1 aromatic heterocycles. The van der Waals surface area contributed by atoms with E-state index in [9.17, 15) is 4.79 Å². The molecule has 0 aliphatic heterocycles. The van der Waals surface area contributed by atoms with Gasteiger partial charge in [0.05, 0.1) is 13.7 Å². The van der Waals surface area contributed by atoms with E-state index in [2.05, 4.69) is 21.4 Å². The highest BCUT2D eigenvalue weighted by atomic mass is 35.5. The van der Waals surface area contributed by atoms with Crippen molar-refractivity contribution in [2.24, 2.45) is 0 Å². The minimum absolute atomic E-state index is 0.0143. The van der Waals surface area contributed by atoms with Crippen LogP contribution < -0.4 is 0 Å². The number of carbonyl (C=O) groups excluding carboxylic acids is 1. The Hall–Kier alpha value is -1.36. The fourth-order valence-corrected chi connectivity index (χ4v) is 0.854. The molecule has 1 aromatic rings. The Morgan fingerprint density at radius 2 is 2.54 bits per heavy atom. The van der Waals surface area contributed by atoms with E-state index >= 15 is 0 Å². The van der Waals surface area contributed by atoms with Crippen LogP contribution in [-0.2, 0) is 11.3 Å². The van der Waals surface area contributed by atoms with Crippen LogP contribution in [0.3, 0.4) is 0 Å². The lowest BCUT2D eigenvalue weighted by Crippen LogP contribution is -2.05. The zero-order chi connectivity index (χ0) is 9.84. The number of allylic oxidation sites excluding steroid dienone is 1. The summed E-state index contributed by atoms with van der Waals surface area (Å²) in [6.07, 6.45) is 1.39. The first kappa shape index (κ1) is 9.73. The molecule has 0 saturated carbocycles. The topological polar surface area (TPSA) is 57.0 Å². The van der Waals surface area contributed by atoms with Crippen LogP contribution in [0.4, 0.5) is 0 Å². The predicted octanol–water partition coefficient (Wildman–Crippen LogP) is 0.817. The van der Waals surface area contributed by atoms with Crippen LogP contribution in [0.25, 0.3) is 0 Å². The minimum Gasteiger partial charge on any atom is -0.463 e. The fourth-order valence-electron chi connectivity index (χ4n) is 0.731. The third-order valence-electron chi connectivity index (χ3n) is 1.24. The number of ether oxygens (including phenoxy) is 1. The van der Waals surface area contributed by atoms with Crippen molar-refractivity contribution in [1.82, 2.24) is 14.8 Å². The van der Waals surface area contributed by atoms with E-state index in [-0.39, 0.29) is 5.82 Å². The van der Waals surface area contributed by atoms with Crippen LogP contribution >= 0.6 is 11.6 Å². The van der Waals surface area contributed by atoms with Gasteiger partial charge in [-0.05, 0) is 0 Å². The van der Waals surface area contributed by atoms with Crippen molar-refractivity contribution in [2.45, 2.75) is 6.54 Å². The number of rotatable bonds is 3. The molecular weight excluding hydrogens is 194 g/mol. The van der Waals surface area contributed by atoms with Gasteiger partial charge in [0.25, 0.3) is 5.82 Å². The summed E-state index contributed by atoms with van der Waals surface area (Å²) in [6.45, 7) is 3.81. The lowest BCUT2D eigenvalue weighted by Gasteiger charge is -1.95. The molecule has 0 aliphatic carbocycles. The van der Waals surface area contributed by atoms with Crippen LogP contribution in [0, 0.1) is 0 Å². The molecule has 0 unspecified atom stereocenters. The molecule has 13 heavy (non-hydrogen) atoms. The third-order valence-corrected chi connectivity index (χ3v) is 1.36. The van der Waals surface area contributed by atoms with Crippen molar-refractivity contribution in [3.63, 3.8) is 0 Å². The lowest BCUT2D eigenvalue weighted by atomic mass is 10.6. The molecule has 1 rings (SSSR count). The standard InChI is InChI=1S/C7H8ClN3O2/c1-5(8)3-11-4-9-6(10-11)7(12)13-2/h4H,1,3H2,2H3. The molecule has 0 aliphatic rings. The van der Waals surface area contributed by atoms with Gasteiger partial charge in [0.15, 0.2) is 0 Å². The Bertz CT molecular complexity index is 334. The number of nitrogens with zero attached hydrogens (tertiary/aromatic N) is 3. The molecule has 0 bridgehead atoms. The van der Waals surface area contributed by atoms with E-state index in [1.54, 1.807) is 0 Å². The molecule has 6 heteroatoms. The average Bonchev–Trinajstić information content (AvgIpc) is 2.50. The Balaban J connectivity index is 2.74. The summed E-state index contributed by atoms with van der Waals surface area (Å²) in [5, 5.41) is 4.22. The smallest absolute Gasteiger partial charge is 0.377 e. The van der Waals surface area contributed by atoms with Gasteiger partial charge in [-0.3, -0.25) is 0 Å². The summed E-state index contributed by atoms with van der Waals surface area (Å²) >= 11 is 5.54. The van der Waals surface area contributed by atoms with Gasteiger partial charge in [-0.25, -0.2) is 14.5 Å². The number of halogens is 1. The number of aromatic nitrogens is 3. The number of hydrogen-bond acceptors (Lipinski definition) is 4. The second-order valence-electron chi connectivity index (χ2n) is 2.27. The Labute approximate surface area is 80.0 Å². The first-order chi connectivity index (χ1) is 6.13. The van der Waals surface area contributed by atoms with E-state index < -0.39 is 5.97 Å². The molecule has 0 saturated heterocycles. The van der Waals surface area contributed by atoms with E-state index in [4.69, 9.17) is 11.6 Å². The first-order valence-corrected chi connectivity index (χ1v) is 3.82. The first-order valence-electron chi connectivity index (χ1n) is 3.44. The van der Waals surface area contributed by atoms with Gasteiger partial charge < -0.3 is 4.74 Å². The monoisotopic (exact) mass is 201 g/mol. The Morgan fingerprint density at radius 3 is 3.08 bits per heavy atom. The third kappa shape index (κ3) is 2.55. The second-order valence-corrected chi connectivity index (χ2v) is 2.81. The zero-order valence-corrected chi connectivity index (χ0v) is 7.78. The predicted molar refractivity (Wildman–Crippen MR) is 46.4 cm³/mol. The fraction of sp³-hybridized carbons (Fsp3) is 0.286. The zero-order valence-electron chi connectivity index (χ0n) is 7.03. The molecule has 5 nitrogen and oxygen atoms in total. The summed E-state index contributed by atoms with van der Waals surface area (Å²) in [5.41, 5.74) is 0. The van der Waals surface area contributed by atoms with E-state index in [1.165, 1.54) is 18.1 Å². The van der Waals surface area contributed by atoms with Gasteiger partial charge in [-0.1, -0.05) is 18.2 Å². The van der Waals surface area contributed by atoms with E-state index in [0.29, 0.717) is 11.6 Å². The van der Waals surface area contributed by atoms with Crippen molar-refractivity contribution in [1.29, 1.82) is 0 Å². The van der Waals surface area contributed by atoms with Crippen LogP contribution in [0.1, 0.15) is 10.6 Å². The molecule has 0 aromatic carbocycles. The molecule has 0 fully saturated rings. The maximum absolute atomic E-state index is 10.9. The minimum atomic E-state index is -0.570. The van der Waals surface area contributed by atoms with Crippen molar-refractivity contribution in [3.05, 3.63) is 23.8 Å². The van der Waals surface area contributed by atoms with Crippen LogP contribution in [0.15, 0.2) is 17.9 Å². The molecule has 1 heterocycles. The molecule has 0 atom stereocenters. The lowest BCUT2D eigenvalue weighted by molar-refractivity contribution is 0.0586. The molecule has 0 radical (unpaired) electrons. The largest absolute Gasteiger partial charge is 0.463 e. The number of carbonyl (C=O) groups is 1. The van der Waals surface area contributed by atoms with Gasteiger partial charge >= 0.3 is 5.97 Å². The van der Waals surface area contributed by atoms with Gasteiger partial charge in [-0.2, -0.15) is 0 Å². The van der Waals surface area contributed by atoms with Crippen molar-refractivity contribution < 1.29 is 9.53 Å². The van der Waals surface area contributed by atoms with Gasteiger partial charge in [0.2, 0.25) is 0 Å². The number of hydrogen-bond donors (Lipinski definition) is 0. The number of esters is 1. The molecular formula is C7H8ClN3O2. The summed E-state index contributed by atoms with van der Waals surface area (Å²) in [4.78, 5) is 14.6. The summed E-state index contributed by atoms with van der Waals surface area (Å²) < 4.78 is 5.83. The SMILES string of the molecule is C=C(Cl)Cn1cnc(C(=O)OC)n1. The van der Waals surface area contributed by atoms with Gasteiger partial charge in [0, 0.05) is 5.03 Å². The maximum atomic E-state index is 10.9. The summed E-state index contributed by atoms with van der Waals surface area (Å²) in [6, 6.07) is 0. The molecule has 0 amide bonds. The highest BCUT2D eigenvalue weighted by Gasteiger charge is 2.10. The maximum Gasteiger partial charge on any atom is 0.377 e. The molecule has 0 spiro atoms. The second kappa shape index (κ2) is 4.04. The Kier molecular flexibility index (Phi) is 3.02. The molecule has 70 valence electrons. The quantitative estimate of drug-likeness (QED) is 0.680. The normalized spacial score (nSPS) is 9.69. The van der Waals surface area contributed by atoms with Crippen LogP contribution in [0.5, 0.6) is 0 Å². The van der Waals surface area contributed by atoms with Crippen molar-refractivity contribution >= 4 is 17.6 Å². The summed E-state index contributed by atoms with van der Waals surface area (Å²) in [7, 11) is 1.27. The Morgan fingerprint density at radius 1 is 1.85 bits per heavy atom. The number of methoxy groups -OCH3 is 1. The van der Waals surface area contributed by atoms with E-state index in [1.807, 2.05) is 0 Å². The van der Waals surface area contributed by atoms with Crippen molar-refractivity contribution in [3.8, 4) is 0 Å². The van der Waals surface area contributed by atoms with Crippen molar-refractivity contribution in [2.75, 3.05) is 7.11 Å². The highest BCUT2D eigenvalue weighted by molar-refractivity contribution is 6.29. The van der Waals surface area contributed by atoms with Crippen LogP contribution in [-0.4, -0.2) is 27.8 Å².